The molecule has 1 saturated heterocycles. The first kappa shape index (κ1) is 13.7. The summed E-state index contributed by atoms with van der Waals surface area (Å²) < 4.78 is 5.72. The predicted molar refractivity (Wildman–Crippen MR) is 83.0 cm³/mol. The standard InChI is InChI=1S/C16H20N2OS/c1-17-11-14-16(12-6-3-2-4-7-12)20-15(18-14)10-13-8-5-9-19-13/h2-4,6-7,13,17H,5,8-11H2,1H3. The topological polar surface area (TPSA) is 34.2 Å². The molecule has 1 aromatic carbocycles. The highest BCUT2D eigenvalue weighted by Crippen LogP contribution is 2.32. The number of nitrogens with one attached hydrogen (secondary N) is 1. The second-order valence-corrected chi connectivity index (χ2v) is 6.20. The number of benzene rings is 1. The minimum Gasteiger partial charge on any atom is -0.378 e. The molecule has 106 valence electrons. The van der Waals surface area contributed by atoms with E-state index in [0.717, 1.165) is 25.3 Å². The molecule has 3 rings (SSSR count). The van der Waals surface area contributed by atoms with Gasteiger partial charge in [0.25, 0.3) is 0 Å². The Morgan fingerprint density at radius 1 is 1.35 bits per heavy atom. The van der Waals surface area contributed by atoms with Crippen molar-refractivity contribution in [1.82, 2.24) is 10.3 Å². The molecule has 4 heteroatoms. The largest absolute Gasteiger partial charge is 0.378 e. The van der Waals surface area contributed by atoms with E-state index in [2.05, 4.69) is 35.6 Å². The average molecular weight is 288 g/mol. The Morgan fingerprint density at radius 3 is 2.90 bits per heavy atom. The van der Waals surface area contributed by atoms with Crippen molar-refractivity contribution in [2.75, 3.05) is 13.7 Å². The van der Waals surface area contributed by atoms with Crippen LogP contribution >= 0.6 is 11.3 Å². The lowest BCUT2D eigenvalue weighted by molar-refractivity contribution is 0.111. The normalized spacial score (nSPS) is 18.6. The fourth-order valence-electron chi connectivity index (χ4n) is 2.59. The molecule has 1 fully saturated rings. The molecule has 0 aliphatic carbocycles. The van der Waals surface area contributed by atoms with Gasteiger partial charge >= 0.3 is 0 Å². The Kier molecular flexibility index (Phi) is 4.45. The fourth-order valence-corrected chi connectivity index (χ4v) is 3.74. The van der Waals surface area contributed by atoms with Crippen LogP contribution in [0.1, 0.15) is 23.5 Å². The molecule has 1 atom stereocenters. The van der Waals surface area contributed by atoms with E-state index in [1.165, 1.54) is 28.3 Å². The molecule has 0 bridgehead atoms. The summed E-state index contributed by atoms with van der Waals surface area (Å²) in [5, 5.41) is 4.41. The molecule has 1 aliphatic rings. The smallest absolute Gasteiger partial charge is 0.0961 e. The van der Waals surface area contributed by atoms with Crippen molar-refractivity contribution in [1.29, 1.82) is 0 Å². The number of aromatic nitrogens is 1. The number of rotatable bonds is 5. The molecule has 1 aliphatic heterocycles. The third-order valence-electron chi connectivity index (χ3n) is 3.55. The van der Waals surface area contributed by atoms with Gasteiger partial charge in [0.2, 0.25) is 0 Å². The minimum atomic E-state index is 0.368. The van der Waals surface area contributed by atoms with Gasteiger partial charge in [0, 0.05) is 19.6 Å². The highest BCUT2D eigenvalue weighted by Gasteiger charge is 2.19. The Morgan fingerprint density at radius 2 is 2.20 bits per heavy atom. The summed E-state index contributed by atoms with van der Waals surface area (Å²) in [6.45, 7) is 1.72. The molecule has 0 amide bonds. The molecule has 3 nitrogen and oxygen atoms in total. The van der Waals surface area contributed by atoms with Crippen LogP contribution in [0.25, 0.3) is 10.4 Å². The fraction of sp³-hybridized carbons (Fsp3) is 0.438. The summed E-state index contributed by atoms with van der Waals surface area (Å²) in [5.41, 5.74) is 2.41. The quantitative estimate of drug-likeness (QED) is 0.917. The van der Waals surface area contributed by atoms with E-state index in [1.807, 2.05) is 18.4 Å². The predicted octanol–water partition coefficient (Wildman–Crippen LogP) is 3.25. The van der Waals surface area contributed by atoms with Crippen molar-refractivity contribution < 1.29 is 4.74 Å². The molecule has 0 radical (unpaired) electrons. The molecule has 1 N–H and O–H groups in total. The van der Waals surface area contributed by atoms with Gasteiger partial charge in [-0.15, -0.1) is 11.3 Å². The molecule has 2 aromatic rings. The van der Waals surface area contributed by atoms with Crippen LogP contribution in [-0.2, 0) is 17.7 Å². The Labute approximate surface area is 124 Å². The zero-order valence-corrected chi connectivity index (χ0v) is 12.6. The first-order valence-electron chi connectivity index (χ1n) is 7.17. The van der Waals surface area contributed by atoms with Crippen molar-refractivity contribution in [2.45, 2.75) is 31.9 Å². The lowest BCUT2D eigenvalue weighted by atomic mass is 10.1. The minimum absolute atomic E-state index is 0.368. The van der Waals surface area contributed by atoms with Gasteiger partial charge in [0.05, 0.1) is 21.7 Å². The Bertz CT molecular complexity index is 547. The third-order valence-corrected chi connectivity index (χ3v) is 4.72. The van der Waals surface area contributed by atoms with Crippen LogP contribution in [0.4, 0.5) is 0 Å². The van der Waals surface area contributed by atoms with Gasteiger partial charge < -0.3 is 10.1 Å². The molecular formula is C16H20N2OS. The maximum Gasteiger partial charge on any atom is 0.0961 e. The highest BCUT2D eigenvalue weighted by molar-refractivity contribution is 7.15. The summed E-state index contributed by atoms with van der Waals surface area (Å²) in [6, 6.07) is 10.5. The number of ether oxygens (including phenoxy) is 1. The number of hydrogen-bond acceptors (Lipinski definition) is 4. The van der Waals surface area contributed by atoms with Gasteiger partial charge in [-0.1, -0.05) is 30.3 Å². The van der Waals surface area contributed by atoms with E-state index in [0.29, 0.717) is 6.10 Å². The SMILES string of the molecule is CNCc1nc(CC2CCCO2)sc1-c1ccccc1. The number of thiazole rings is 1. The highest BCUT2D eigenvalue weighted by atomic mass is 32.1. The second kappa shape index (κ2) is 6.48. The van der Waals surface area contributed by atoms with Gasteiger partial charge in [-0.05, 0) is 25.5 Å². The van der Waals surface area contributed by atoms with Crippen LogP contribution < -0.4 is 5.32 Å². The first-order chi connectivity index (χ1) is 9.86. The molecule has 20 heavy (non-hydrogen) atoms. The van der Waals surface area contributed by atoms with Crippen molar-refractivity contribution in [3.8, 4) is 10.4 Å². The van der Waals surface area contributed by atoms with E-state index >= 15 is 0 Å². The lowest BCUT2D eigenvalue weighted by Crippen LogP contribution is -2.09. The zero-order valence-electron chi connectivity index (χ0n) is 11.8. The Hall–Kier alpha value is -1.23. The maximum atomic E-state index is 5.72. The molecule has 1 aromatic heterocycles. The van der Waals surface area contributed by atoms with E-state index in [-0.39, 0.29) is 0 Å². The van der Waals surface area contributed by atoms with Crippen molar-refractivity contribution in [2.24, 2.45) is 0 Å². The summed E-state index contributed by atoms with van der Waals surface area (Å²) in [7, 11) is 1.97. The van der Waals surface area contributed by atoms with Crippen LogP contribution in [0.2, 0.25) is 0 Å². The van der Waals surface area contributed by atoms with Crippen molar-refractivity contribution in [3.63, 3.8) is 0 Å². The van der Waals surface area contributed by atoms with E-state index < -0.39 is 0 Å². The van der Waals surface area contributed by atoms with Gasteiger partial charge in [0.1, 0.15) is 0 Å². The molecule has 2 heterocycles. The summed E-state index contributed by atoms with van der Waals surface area (Å²) in [5.74, 6) is 0. The van der Waals surface area contributed by atoms with Gasteiger partial charge in [-0.25, -0.2) is 4.98 Å². The van der Waals surface area contributed by atoms with Crippen molar-refractivity contribution in [3.05, 3.63) is 41.0 Å². The molecule has 1 unspecified atom stereocenters. The molecule has 0 spiro atoms. The zero-order chi connectivity index (χ0) is 13.8. The number of hydrogen-bond donors (Lipinski definition) is 1. The van der Waals surface area contributed by atoms with Crippen molar-refractivity contribution >= 4 is 11.3 Å². The van der Waals surface area contributed by atoms with Gasteiger partial charge in [0.15, 0.2) is 0 Å². The third kappa shape index (κ3) is 3.08. The first-order valence-corrected chi connectivity index (χ1v) is 7.98. The average Bonchev–Trinajstić information content (AvgIpc) is 3.11. The monoisotopic (exact) mass is 288 g/mol. The van der Waals surface area contributed by atoms with E-state index in [4.69, 9.17) is 9.72 Å². The van der Waals surface area contributed by atoms with Crippen LogP contribution in [0, 0.1) is 0 Å². The van der Waals surface area contributed by atoms with Crippen LogP contribution in [0.15, 0.2) is 30.3 Å². The van der Waals surface area contributed by atoms with Crippen LogP contribution in [0.5, 0.6) is 0 Å². The summed E-state index contributed by atoms with van der Waals surface area (Å²) in [4.78, 5) is 6.10. The lowest BCUT2D eigenvalue weighted by Gasteiger charge is -2.05. The summed E-state index contributed by atoms with van der Waals surface area (Å²) in [6.07, 6.45) is 3.67. The maximum absolute atomic E-state index is 5.72. The van der Waals surface area contributed by atoms with E-state index in [1.54, 1.807) is 0 Å². The van der Waals surface area contributed by atoms with Gasteiger partial charge in [-0.3, -0.25) is 0 Å². The van der Waals surface area contributed by atoms with Crippen LogP contribution in [0.3, 0.4) is 0 Å². The molecular weight excluding hydrogens is 268 g/mol. The van der Waals surface area contributed by atoms with Gasteiger partial charge in [-0.2, -0.15) is 0 Å². The number of nitrogens with zero attached hydrogens (tertiary/aromatic N) is 1. The summed E-state index contributed by atoms with van der Waals surface area (Å²) >= 11 is 1.81. The van der Waals surface area contributed by atoms with E-state index in [9.17, 15) is 0 Å². The molecule has 0 saturated carbocycles. The second-order valence-electron chi connectivity index (χ2n) is 5.12. The van der Waals surface area contributed by atoms with Crippen LogP contribution in [-0.4, -0.2) is 24.7 Å². The Balaban J connectivity index is 1.85.